The molecule has 1 aliphatic rings. The fraction of sp³-hybridized carbons (Fsp3) is 0.600. The van der Waals surface area contributed by atoms with Crippen LogP contribution in [0.15, 0.2) is 24.3 Å². The van der Waals surface area contributed by atoms with E-state index < -0.39 is 0 Å². The van der Waals surface area contributed by atoms with Gasteiger partial charge in [0, 0.05) is 29.5 Å². The molecular weight excluding hydrogens is 272 g/mol. The summed E-state index contributed by atoms with van der Waals surface area (Å²) in [5, 5.41) is 15.3. The topological polar surface area (TPSA) is 55.2 Å². The third-order valence-corrected chi connectivity index (χ3v) is 5.14. The lowest BCUT2D eigenvalue weighted by atomic mass is 10.0. The predicted molar refractivity (Wildman–Crippen MR) is 84.2 cm³/mol. The second kappa shape index (κ2) is 7.09. The molecule has 20 heavy (non-hydrogen) atoms. The van der Waals surface area contributed by atoms with Gasteiger partial charge in [-0.1, -0.05) is 19.1 Å². The van der Waals surface area contributed by atoms with Crippen molar-refractivity contribution in [3.63, 3.8) is 0 Å². The van der Waals surface area contributed by atoms with Gasteiger partial charge in [0.25, 0.3) is 5.69 Å². The highest BCUT2D eigenvalue weighted by molar-refractivity contribution is 7.99. The minimum atomic E-state index is -0.324. The number of nitrogens with zero attached hydrogens (tertiary/aromatic N) is 1. The third-order valence-electron chi connectivity index (χ3n) is 4.05. The Morgan fingerprint density at radius 1 is 1.50 bits per heavy atom. The molecule has 0 radical (unpaired) electrons. The van der Waals surface area contributed by atoms with Gasteiger partial charge in [0.15, 0.2) is 0 Å². The zero-order valence-electron chi connectivity index (χ0n) is 12.0. The van der Waals surface area contributed by atoms with Crippen LogP contribution in [0.3, 0.4) is 0 Å². The molecule has 0 heterocycles. The van der Waals surface area contributed by atoms with Gasteiger partial charge in [-0.05, 0) is 37.5 Å². The van der Waals surface area contributed by atoms with Crippen molar-refractivity contribution < 1.29 is 4.92 Å². The molecule has 1 fully saturated rings. The van der Waals surface area contributed by atoms with E-state index in [0.29, 0.717) is 6.04 Å². The minimum absolute atomic E-state index is 0.177. The molecule has 1 aromatic carbocycles. The molecular formula is C15H22N2O2S. The van der Waals surface area contributed by atoms with Gasteiger partial charge in [-0.25, -0.2) is 0 Å². The number of benzene rings is 1. The molecule has 1 aliphatic carbocycles. The summed E-state index contributed by atoms with van der Waals surface area (Å²) in [7, 11) is 0. The van der Waals surface area contributed by atoms with Crippen molar-refractivity contribution in [3.05, 3.63) is 39.9 Å². The minimum Gasteiger partial charge on any atom is -0.307 e. The molecule has 0 amide bonds. The van der Waals surface area contributed by atoms with Crippen molar-refractivity contribution in [2.45, 2.75) is 49.9 Å². The van der Waals surface area contributed by atoms with E-state index in [1.165, 1.54) is 19.3 Å². The second-order valence-electron chi connectivity index (χ2n) is 5.35. The molecule has 3 unspecified atom stereocenters. The normalized spacial score (nSPS) is 23.7. The summed E-state index contributed by atoms with van der Waals surface area (Å²) in [6.07, 6.45) is 6.79. The molecule has 0 saturated heterocycles. The van der Waals surface area contributed by atoms with Crippen molar-refractivity contribution in [1.82, 2.24) is 5.32 Å². The first kappa shape index (κ1) is 15.3. The molecule has 1 aromatic rings. The fourth-order valence-corrected chi connectivity index (χ4v) is 3.69. The van der Waals surface area contributed by atoms with Gasteiger partial charge >= 0.3 is 0 Å². The maximum Gasteiger partial charge on any atom is 0.269 e. The number of non-ortho nitro benzene ring substituents is 1. The van der Waals surface area contributed by atoms with Gasteiger partial charge in [-0.2, -0.15) is 11.8 Å². The van der Waals surface area contributed by atoms with Gasteiger partial charge in [-0.3, -0.25) is 10.1 Å². The van der Waals surface area contributed by atoms with Gasteiger partial charge < -0.3 is 5.32 Å². The van der Waals surface area contributed by atoms with E-state index in [4.69, 9.17) is 0 Å². The van der Waals surface area contributed by atoms with E-state index >= 15 is 0 Å². The smallest absolute Gasteiger partial charge is 0.269 e. The molecule has 0 spiro atoms. The van der Waals surface area contributed by atoms with Crippen LogP contribution in [0.4, 0.5) is 5.69 Å². The SMILES string of the molecule is CCC(NC1CCC(SC)C1)c1cccc([N+](=O)[O-])c1. The van der Waals surface area contributed by atoms with Crippen molar-refractivity contribution in [2.24, 2.45) is 0 Å². The summed E-state index contributed by atoms with van der Waals surface area (Å²) in [4.78, 5) is 10.5. The van der Waals surface area contributed by atoms with E-state index in [1.54, 1.807) is 18.2 Å². The quantitative estimate of drug-likeness (QED) is 0.638. The molecule has 2 rings (SSSR count). The Morgan fingerprint density at radius 3 is 2.90 bits per heavy atom. The summed E-state index contributed by atoms with van der Waals surface area (Å²) in [6.45, 7) is 2.12. The van der Waals surface area contributed by atoms with Crippen LogP contribution in [0.1, 0.15) is 44.2 Å². The van der Waals surface area contributed by atoms with Gasteiger partial charge in [0.1, 0.15) is 0 Å². The lowest BCUT2D eigenvalue weighted by Gasteiger charge is -2.22. The Labute approximate surface area is 124 Å². The fourth-order valence-electron chi connectivity index (χ4n) is 2.89. The molecule has 4 nitrogen and oxygen atoms in total. The van der Waals surface area contributed by atoms with Crippen LogP contribution in [0.2, 0.25) is 0 Å². The maximum absolute atomic E-state index is 10.9. The highest BCUT2D eigenvalue weighted by Gasteiger charge is 2.26. The average molecular weight is 294 g/mol. The van der Waals surface area contributed by atoms with Gasteiger partial charge in [-0.15, -0.1) is 0 Å². The summed E-state index contributed by atoms with van der Waals surface area (Å²) in [5.74, 6) is 0. The zero-order chi connectivity index (χ0) is 14.5. The average Bonchev–Trinajstić information content (AvgIpc) is 2.92. The van der Waals surface area contributed by atoms with Crippen LogP contribution in [0, 0.1) is 10.1 Å². The third kappa shape index (κ3) is 3.73. The van der Waals surface area contributed by atoms with Crippen LogP contribution in [0.5, 0.6) is 0 Å². The summed E-state index contributed by atoms with van der Waals surface area (Å²) < 4.78 is 0. The summed E-state index contributed by atoms with van der Waals surface area (Å²) in [5.41, 5.74) is 1.20. The highest BCUT2D eigenvalue weighted by atomic mass is 32.2. The van der Waals surface area contributed by atoms with Crippen molar-refractivity contribution in [1.29, 1.82) is 0 Å². The van der Waals surface area contributed by atoms with Crippen LogP contribution >= 0.6 is 11.8 Å². The van der Waals surface area contributed by atoms with Crippen LogP contribution in [0.25, 0.3) is 0 Å². The van der Waals surface area contributed by atoms with Gasteiger partial charge in [0.05, 0.1) is 4.92 Å². The first-order valence-corrected chi connectivity index (χ1v) is 8.46. The maximum atomic E-state index is 10.9. The Kier molecular flexibility index (Phi) is 5.43. The molecule has 5 heteroatoms. The molecule has 3 atom stereocenters. The number of hydrogen-bond acceptors (Lipinski definition) is 4. The first-order chi connectivity index (χ1) is 9.63. The lowest BCUT2D eigenvalue weighted by molar-refractivity contribution is -0.384. The van der Waals surface area contributed by atoms with Gasteiger partial charge in [0.2, 0.25) is 0 Å². The lowest BCUT2D eigenvalue weighted by Crippen LogP contribution is -2.30. The summed E-state index contributed by atoms with van der Waals surface area (Å²) in [6, 6.07) is 7.75. The largest absolute Gasteiger partial charge is 0.307 e. The molecule has 0 aromatic heterocycles. The predicted octanol–water partition coefficient (Wildman–Crippen LogP) is 3.92. The van der Waals surface area contributed by atoms with E-state index in [2.05, 4.69) is 18.5 Å². The number of nitrogens with one attached hydrogen (secondary N) is 1. The number of rotatable bonds is 6. The van der Waals surface area contributed by atoms with Crippen LogP contribution in [-0.4, -0.2) is 22.5 Å². The monoisotopic (exact) mass is 294 g/mol. The first-order valence-electron chi connectivity index (χ1n) is 7.17. The Morgan fingerprint density at radius 2 is 2.30 bits per heavy atom. The number of hydrogen-bond donors (Lipinski definition) is 1. The Balaban J connectivity index is 2.04. The molecule has 0 aliphatic heterocycles. The van der Waals surface area contributed by atoms with E-state index in [0.717, 1.165) is 17.2 Å². The standard InChI is InChI=1S/C15H22N2O2S/c1-3-15(16-12-7-8-14(10-12)20-2)11-5-4-6-13(9-11)17(18)19/h4-6,9,12,14-16H,3,7-8,10H2,1-2H3. The van der Waals surface area contributed by atoms with E-state index in [9.17, 15) is 10.1 Å². The molecule has 110 valence electrons. The Hall–Kier alpha value is -1.07. The Bertz CT molecular complexity index is 467. The summed E-state index contributed by atoms with van der Waals surface area (Å²) >= 11 is 1.94. The number of nitro groups is 1. The van der Waals surface area contributed by atoms with Crippen molar-refractivity contribution in [3.8, 4) is 0 Å². The highest BCUT2D eigenvalue weighted by Crippen LogP contribution is 2.31. The molecule has 1 N–H and O–H groups in total. The van der Waals surface area contributed by atoms with E-state index in [-0.39, 0.29) is 16.7 Å². The van der Waals surface area contributed by atoms with Crippen LogP contribution in [-0.2, 0) is 0 Å². The van der Waals surface area contributed by atoms with Crippen molar-refractivity contribution >= 4 is 17.4 Å². The second-order valence-corrected chi connectivity index (χ2v) is 6.49. The van der Waals surface area contributed by atoms with E-state index in [1.807, 2.05) is 17.8 Å². The number of nitro benzene ring substituents is 1. The molecule has 0 bridgehead atoms. The number of thioether (sulfide) groups is 1. The van der Waals surface area contributed by atoms with Crippen molar-refractivity contribution in [2.75, 3.05) is 6.26 Å². The molecule has 1 saturated carbocycles. The zero-order valence-corrected chi connectivity index (χ0v) is 12.9. The van der Waals surface area contributed by atoms with Crippen LogP contribution < -0.4 is 5.32 Å².